The van der Waals surface area contributed by atoms with Crippen LogP contribution in [0.5, 0.6) is 11.5 Å². The number of carbonyl (C=O) groups excluding carboxylic acids is 1. The molecular formula is C19H20N2O6. The van der Waals surface area contributed by atoms with E-state index in [-0.39, 0.29) is 6.61 Å². The predicted octanol–water partition coefficient (Wildman–Crippen LogP) is 3.14. The normalized spacial score (nSPS) is 13.7. The number of ether oxygens (including phenoxy) is 3. The summed E-state index contributed by atoms with van der Waals surface area (Å²) in [7, 11) is 4.18. The molecule has 8 heteroatoms. The number of carbonyl (C=O) groups is 1. The first kappa shape index (κ1) is 18.5. The molecule has 1 aliphatic rings. The predicted molar refractivity (Wildman–Crippen MR) is 98.2 cm³/mol. The number of hydrogen-bond donors (Lipinski definition) is 0. The average Bonchev–Trinajstić information content (AvgIpc) is 3.10. The molecule has 0 saturated heterocycles. The number of para-hydroxylation sites is 1. The SMILES string of the molecule is CON=C1COc2cc(OCc3ccccc3N(OC)C(=O)OC)ccc21. The molecule has 1 heterocycles. The Kier molecular flexibility index (Phi) is 5.77. The van der Waals surface area contributed by atoms with Crippen LogP contribution < -0.4 is 14.5 Å². The van der Waals surface area contributed by atoms with Gasteiger partial charge in [0, 0.05) is 17.2 Å². The summed E-state index contributed by atoms with van der Waals surface area (Å²) in [6.07, 6.45) is -0.624. The number of hydroxylamine groups is 1. The molecule has 0 aromatic heterocycles. The van der Waals surface area contributed by atoms with Gasteiger partial charge >= 0.3 is 6.09 Å². The molecule has 0 atom stereocenters. The lowest BCUT2D eigenvalue weighted by atomic mass is 10.1. The molecule has 0 saturated carbocycles. The van der Waals surface area contributed by atoms with Crippen molar-refractivity contribution in [3.8, 4) is 11.5 Å². The third-order valence-electron chi connectivity index (χ3n) is 3.96. The van der Waals surface area contributed by atoms with E-state index in [1.807, 2.05) is 24.3 Å². The summed E-state index contributed by atoms with van der Waals surface area (Å²) >= 11 is 0. The van der Waals surface area contributed by atoms with E-state index in [4.69, 9.17) is 23.9 Å². The van der Waals surface area contributed by atoms with Gasteiger partial charge in [-0.3, -0.25) is 4.84 Å². The summed E-state index contributed by atoms with van der Waals surface area (Å²) < 4.78 is 16.2. The van der Waals surface area contributed by atoms with Gasteiger partial charge in [-0.2, -0.15) is 5.06 Å². The lowest BCUT2D eigenvalue weighted by molar-refractivity contribution is 0.115. The number of methoxy groups -OCH3 is 1. The third kappa shape index (κ3) is 3.95. The summed E-state index contributed by atoms with van der Waals surface area (Å²) in [5.41, 5.74) is 2.91. The van der Waals surface area contributed by atoms with Crippen LogP contribution in [0.4, 0.5) is 10.5 Å². The van der Waals surface area contributed by atoms with Gasteiger partial charge in [0.15, 0.2) is 0 Å². The first-order valence-corrected chi connectivity index (χ1v) is 8.18. The Labute approximate surface area is 156 Å². The molecule has 0 unspecified atom stereocenters. The standard InChI is InChI=1S/C19H20N2O6/c1-23-19(22)21(25-3)17-7-5-4-6-13(17)11-26-14-8-9-15-16(20-24-2)12-27-18(15)10-14/h4-10H,11-12H2,1-3H3. The van der Waals surface area contributed by atoms with E-state index >= 15 is 0 Å². The van der Waals surface area contributed by atoms with Crippen LogP contribution in [-0.2, 0) is 21.0 Å². The number of benzene rings is 2. The van der Waals surface area contributed by atoms with Gasteiger partial charge in [-0.15, -0.1) is 0 Å². The third-order valence-corrected chi connectivity index (χ3v) is 3.96. The number of rotatable bonds is 6. The Morgan fingerprint density at radius 2 is 2.00 bits per heavy atom. The molecule has 8 nitrogen and oxygen atoms in total. The molecular weight excluding hydrogens is 352 g/mol. The van der Waals surface area contributed by atoms with Gasteiger partial charge in [0.05, 0.1) is 19.9 Å². The van der Waals surface area contributed by atoms with Crippen LogP contribution in [0.3, 0.4) is 0 Å². The summed E-state index contributed by atoms with van der Waals surface area (Å²) in [5.74, 6) is 1.31. The van der Waals surface area contributed by atoms with E-state index < -0.39 is 6.09 Å². The van der Waals surface area contributed by atoms with Crippen LogP contribution in [0, 0.1) is 0 Å². The summed E-state index contributed by atoms with van der Waals surface area (Å²) in [6, 6.07) is 12.7. The Hall–Kier alpha value is -3.26. The molecule has 0 fully saturated rings. The number of nitrogens with zero attached hydrogens (tertiary/aromatic N) is 2. The second-order valence-electron chi connectivity index (χ2n) is 5.53. The lowest BCUT2D eigenvalue weighted by Crippen LogP contribution is -2.30. The minimum absolute atomic E-state index is 0.227. The second kappa shape index (κ2) is 8.41. The smallest absolute Gasteiger partial charge is 0.438 e. The molecule has 27 heavy (non-hydrogen) atoms. The highest BCUT2D eigenvalue weighted by Gasteiger charge is 2.22. The van der Waals surface area contributed by atoms with Crippen molar-refractivity contribution in [3.63, 3.8) is 0 Å². The quantitative estimate of drug-likeness (QED) is 0.725. The zero-order valence-electron chi connectivity index (χ0n) is 15.3. The Morgan fingerprint density at radius 3 is 2.74 bits per heavy atom. The van der Waals surface area contributed by atoms with Crippen LogP contribution in [0.15, 0.2) is 47.6 Å². The average molecular weight is 372 g/mol. The Balaban J connectivity index is 1.77. The van der Waals surface area contributed by atoms with Crippen LogP contribution in [-0.4, -0.2) is 39.7 Å². The highest BCUT2D eigenvalue weighted by molar-refractivity contribution is 6.06. The molecule has 3 rings (SSSR count). The van der Waals surface area contributed by atoms with E-state index in [2.05, 4.69) is 5.16 Å². The molecule has 1 aliphatic heterocycles. The highest BCUT2D eigenvalue weighted by Crippen LogP contribution is 2.31. The molecule has 0 bridgehead atoms. The van der Waals surface area contributed by atoms with Crippen molar-refractivity contribution in [2.75, 3.05) is 33.0 Å². The maximum atomic E-state index is 11.9. The maximum absolute atomic E-state index is 11.9. The molecule has 2 aromatic carbocycles. The topological polar surface area (TPSA) is 78.8 Å². The van der Waals surface area contributed by atoms with Crippen LogP contribution in [0.2, 0.25) is 0 Å². The fraction of sp³-hybridized carbons (Fsp3) is 0.263. The molecule has 0 spiro atoms. The minimum Gasteiger partial charge on any atom is -0.489 e. The zero-order chi connectivity index (χ0) is 19.2. The van der Waals surface area contributed by atoms with E-state index in [0.717, 1.165) is 21.9 Å². The number of anilines is 1. The van der Waals surface area contributed by atoms with E-state index in [1.54, 1.807) is 18.2 Å². The number of amides is 1. The number of oxime groups is 1. The number of hydrogen-bond acceptors (Lipinski definition) is 7. The molecule has 0 aliphatic carbocycles. The summed E-state index contributed by atoms with van der Waals surface area (Å²) in [5, 5.41) is 5.01. The van der Waals surface area contributed by atoms with Crippen molar-refractivity contribution in [3.05, 3.63) is 53.6 Å². The summed E-state index contributed by atoms with van der Waals surface area (Å²) in [6.45, 7) is 0.586. The lowest BCUT2D eigenvalue weighted by Gasteiger charge is -2.21. The van der Waals surface area contributed by atoms with Crippen molar-refractivity contribution in [2.45, 2.75) is 6.61 Å². The van der Waals surface area contributed by atoms with Gasteiger partial charge in [-0.1, -0.05) is 23.4 Å². The molecule has 1 amide bonds. The highest BCUT2D eigenvalue weighted by atomic mass is 16.7. The van der Waals surface area contributed by atoms with Crippen molar-refractivity contribution in [1.82, 2.24) is 0 Å². The van der Waals surface area contributed by atoms with Crippen molar-refractivity contribution in [2.24, 2.45) is 5.16 Å². The van der Waals surface area contributed by atoms with Crippen LogP contribution >= 0.6 is 0 Å². The van der Waals surface area contributed by atoms with Gasteiger partial charge in [0.2, 0.25) is 0 Å². The fourth-order valence-electron chi connectivity index (χ4n) is 2.71. The first-order chi connectivity index (χ1) is 13.2. The van der Waals surface area contributed by atoms with E-state index in [9.17, 15) is 4.79 Å². The Morgan fingerprint density at radius 1 is 1.19 bits per heavy atom. The summed E-state index contributed by atoms with van der Waals surface area (Å²) in [4.78, 5) is 21.8. The van der Waals surface area contributed by atoms with Crippen molar-refractivity contribution in [1.29, 1.82) is 0 Å². The van der Waals surface area contributed by atoms with Crippen LogP contribution in [0.25, 0.3) is 0 Å². The second-order valence-corrected chi connectivity index (χ2v) is 5.53. The zero-order valence-corrected chi connectivity index (χ0v) is 15.3. The molecule has 2 aromatic rings. The van der Waals surface area contributed by atoms with Crippen molar-refractivity contribution < 1.29 is 28.7 Å². The van der Waals surface area contributed by atoms with Crippen molar-refractivity contribution >= 4 is 17.5 Å². The van der Waals surface area contributed by atoms with Gasteiger partial charge in [-0.25, -0.2) is 4.79 Å². The fourth-order valence-corrected chi connectivity index (χ4v) is 2.71. The van der Waals surface area contributed by atoms with Gasteiger partial charge in [0.1, 0.15) is 37.5 Å². The Bertz CT molecular complexity index is 852. The molecule has 0 radical (unpaired) electrons. The van der Waals surface area contributed by atoms with Gasteiger partial charge in [0.25, 0.3) is 0 Å². The first-order valence-electron chi connectivity index (χ1n) is 8.18. The molecule has 142 valence electrons. The molecule has 0 N–H and O–H groups in total. The largest absolute Gasteiger partial charge is 0.489 e. The van der Waals surface area contributed by atoms with Crippen LogP contribution in [0.1, 0.15) is 11.1 Å². The minimum atomic E-state index is -0.624. The number of fused-ring (bicyclic) bond motifs is 1. The van der Waals surface area contributed by atoms with E-state index in [0.29, 0.717) is 23.8 Å². The van der Waals surface area contributed by atoms with Gasteiger partial charge in [-0.05, 0) is 18.2 Å². The van der Waals surface area contributed by atoms with Gasteiger partial charge < -0.3 is 19.0 Å². The van der Waals surface area contributed by atoms with E-state index in [1.165, 1.54) is 21.3 Å². The monoisotopic (exact) mass is 372 g/mol. The maximum Gasteiger partial charge on any atom is 0.438 e.